The third kappa shape index (κ3) is 4.97. The number of fused-ring (bicyclic) bond motifs is 1. The van der Waals surface area contributed by atoms with Gasteiger partial charge in [0.1, 0.15) is 35.5 Å². The minimum atomic E-state index is -0.715. The fourth-order valence-corrected chi connectivity index (χ4v) is 5.53. The summed E-state index contributed by atoms with van der Waals surface area (Å²) < 4.78 is 48.5. The molecule has 4 aromatic heterocycles. The lowest BCUT2D eigenvalue weighted by molar-refractivity contribution is -0.0735. The first-order valence-electron chi connectivity index (χ1n) is 12.8. The van der Waals surface area contributed by atoms with E-state index in [9.17, 15) is 8.78 Å². The molecule has 2 aliphatic rings. The van der Waals surface area contributed by atoms with Crippen LogP contribution in [0.15, 0.2) is 30.7 Å². The van der Waals surface area contributed by atoms with Crippen molar-refractivity contribution in [3.8, 4) is 17.0 Å². The topological polar surface area (TPSA) is 91.8 Å². The quantitative estimate of drug-likeness (QED) is 0.320. The van der Waals surface area contributed by atoms with Crippen molar-refractivity contribution in [1.29, 1.82) is 0 Å². The molecule has 6 heterocycles. The van der Waals surface area contributed by atoms with E-state index >= 15 is 0 Å². The minimum Gasteiger partial charge on any atom is -0.488 e. The average molecular weight is 560 g/mol. The van der Waals surface area contributed by atoms with Gasteiger partial charge in [-0.2, -0.15) is 5.10 Å². The van der Waals surface area contributed by atoms with Crippen LogP contribution < -0.4 is 4.74 Å². The number of piperidine rings is 1. The number of pyridine rings is 2. The second kappa shape index (κ2) is 10.8. The monoisotopic (exact) mass is 559 g/mol. The highest BCUT2D eigenvalue weighted by molar-refractivity contribution is 6.31. The summed E-state index contributed by atoms with van der Waals surface area (Å²) in [7, 11) is 1.47. The Hall–Kier alpha value is -3.19. The lowest BCUT2D eigenvalue weighted by Crippen LogP contribution is -2.52. The number of hydrogen-bond acceptors (Lipinski definition) is 8. The summed E-state index contributed by atoms with van der Waals surface area (Å²) in [4.78, 5) is 6.53. The lowest BCUT2D eigenvalue weighted by Gasteiger charge is -2.41. The SMILES string of the molecule is COC(COc1cc(-c2nnn(C3CCN(C4COC4)CC3)c2C)cn2ncc(F)c12)c1ncc(F)cc1Cl. The molecule has 2 aliphatic heterocycles. The summed E-state index contributed by atoms with van der Waals surface area (Å²) >= 11 is 6.17. The van der Waals surface area contributed by atoms with Gasteiger partial charge in [0.05, 0.1) is 54.1 Å². The number of rotatable bonds is 8. The Bertz CT molecular complexity index is 1480. The second-order valence-electron chi connectivity index (χ2n) is 9.86. The van der Waals surface area contributed by atoms with Gasteiger partial charge in [0.25, 0.3) is 0 Å². The van der Waals surface area contributed by atoms with Gasteiger partial charge in [-0.3, -0.25) is 9.88 Å². The summed E-state index contributed by atoms with van der Waals surface area (Å²) in [6, 6.07) is 3.65. The van der Waals surface area contributed by atoms with Crippen molar-refractivity contribution in [2.45, 2.75) is 38.0 Å². The third-order valence-electron chi connectivity index (χ3n) is 7.53. The fourth-order valence-electron chi connectivity index (χ4n) is 5.26. The molecule has 2 saturated heterocycles. The van der Waals surface area contributed by atoms with E-state index in [1.807, 2.05) is 11.6 Å². The zero-order valence-electron chi connectivity index (χ0n) is 21.6. The number of likely N-dealkylation sites (tertiary alicyclic amines) is 1. The van der Waals surface area contributed by atoms with E-state index in [1.54, 1.807) is 12.3 Å². The van der Waals surface area contributed by atoms with E-state index in [-0.39, 0.29) is 28.9 Å². The Morgan fingerprint density at radius 1 is 1.15 bits per heavy atom. The summed E-state index contributed by atoms with van der Waals surface area (Å²) in [6.45, 7) is 5.57. The molecule has 0 spiro atoms. The molecule has 1 unspecified atom stereocenters. The molecule has 2 fully saturated rings. The third-order valence-corrected chi connectivity index (χ3v) is 7.83. The van der Waals surface area contributed by atoms with Crippen molar-refractivity contribution >= 4 is 17.1 Å². The zero-order valence-corrected chi connectivity index (χ0v) is 22.3. The van der Waals surface area contributed by atoms with Gasteiger partial charge in [0.2, 0.25) is 0 Å². The van der Waals surface area contributed by atoms with Crippen LogP contribution in [-0.4, -0.2) is 80.6 Å². The Balaban J connectivity index is 1.25. The normalized spacial score (nSPS) is 18.0. The van der Waals surface area contributed by atoms with E-state index in [2.05, 4.69) is 25.3 Å². The molecule has 1 atom stereocenters. The first-order valence-corrected chi connectivity index (χ1v) is 13.2. The molecule has 0 saturated carbocycles. The molecule has 0 N–H and O–H groups in total. The van der Waals surface area contributed by atoms with E-state index in [1.165, 1.54) is 11.6 Å². The second-order valence-corrected chi connectivity index (χ2v) is 10.3. The first kappa shape index (κ1) is 26.1. The average Bonchev–Trinajstić information content (AvgIpc) is 3.47. The number of halogens is 3. The highest BCUT2D eigenvalue weighted by Crippen LogP contribution is 2.34. The summed E-state index contributed by atoms with van der Waals surface area (Å²) in [6.07, 6.45) is 5.14. The predicted octanol–water partition coefficient (Wildman–Crippen LogP) is 4.03. The van der Waals surface area contributed by atoms with Gasteiger partial charge < -0.3 is 14.2 Å². The molecule has 0 aliphatic carbocycles. The van der Waals surface area contributed by atoms with Crippen LogP contribution in [0.4, 0.5) is 8.78 Å². The van der Waals surface area contributed by atoms with Crippen LogP contribution in [-0.2, 0) is 9.47 Å². The summed E-state index contributed by atoms with van der Waals surface area (Å²) in [5, 5.41) is 13.2. The number of hydrogen-bond donors (Lipinski definition) is 0. The molecule has 6 rings (SSSR count). The van der Waals surface area contributed by atoms with Gasteiger partial charge in [-0.05, 0) is 31.9 Å². The van der Waals surface area contributed by atoms with Crippen molar-refractivity contribution in [1.82, 2.24) is 34.5 Å². The van der Waals surface area contributed by atoms with Gasteiger partial charge in [0, 0.05) is 32.0 Å². The van der Waals surface area contributed by atoms with Crippen molar-refractivity contribution < 1.29 is 23.0 Å². The standard InChI is InChI=1S/C26H28ClF2N7O3/c1-15-24(32-33-36(15)18-3-5-34(6-4-18)19-12-38-13-19)16-7-22(26-21(29)10-31-35(26)11-16)39-14-23(37-2)25-20(27)8-17(28)9-30-25/h7-11,18-19,23H,3-6,12-14H2,1-2H3. The maximum atomic E-state index is 14.7. The Morgan fingerprint density at radius 2 is 1.95 bits per heavy atom. The number of nitrogens with zero attached hydrogens (tertiary/aromatic N) is 7. The summed E-state index contributed by atoms with van der Waals surface area (Å²) in [5.41, 5.74) is 2.75. The molecular formula is C26H28ClF2N7O3. The van der Waals surface area contributed by atoms with Crippen LogP contribution >= 0.6 is 11.6 Å². The van der Waals surface area contributed by atoms with Crippen LogP contribution in [0.3, 0.4) is 0 Å². The van der Waals surface area contributed by atoms with Gasteiger partial charge in [-0.25, -0.2) is 18.0 Å². The smallest absolute Gasteiger partial charge is 0.172 e. The molecule has 10 nitrogen and oxygen atoms in total. The lowest BCUT2D eigenvalue weighted by atomic mass is 10.0. The highest BCUT2D eigenvalue weighted by atomic mass is 35.5. The fraction of sp³-hybridized carbons (Fsp3) is 0.462. The van der Waals surface area contributed by atoms with Gasteiger partial charge in [-0.1, -0.05) is 16.8 Å². The van der Waals surface area contributed by atoms with E-state index < -0.39 is 17.7 Å². The first-order chi connectivity index (χ1) is 18.9. The Labute approximate surface area is 228 Å². The van der Waals surface area contributed by atoms with Crippen molar-refractivity contribution in [2.24, 2.45) is 0 Å². The molecule has 0 bridgehead atoms. The van der Waals surface area contributed by atoms with Gasteiger partial charge >= 0.3 is 0 Å². The van der Waals surface area contributed by atoms with Crippen LogP contribution in [0.5, 0.6) is 5.75 Å². The van der Waals surface area contributed by atoms with Crippen LogP contribution in [0.1, 0.15) is 36.4 Å². The van der Waals surface area contributed by atoms with Crippen LogP contribution in [0.2, 0.25) is 5.02 Å². The largest absolute Gasteiger partial charge is 0.488 e. The van der Waals surface area contributed by atoms with Gasteiger partial charge in [-0.15, -0.1) is 5.10 Å². The Morgan fingerprint density at radius 3 is 2.64 bits per heavy atom. The van der Waals surface area contributed by atoms with Gasteiger partial charge in [0.15, 0.2) is 5.82 Å². The molecule has 13 heteroatoms. The van der Waals surface area contributed by atoms with E-state index in [0.29, 0.717) is 23.0 Å². The van der Waals surface area contributed by atoms with Crippen molar-refractivity contribution in [3.05, 3.63) is 58.8 Å². The number of aromatic nitrogens is 6. The minimum absolute atomic E-state index is 0.0468. The predicted molar refractivity (Wildman–Crippen MR) is 138 cm³/mol. The van der Waals surface area contributed by atoms with E-state index in [4.69, 9.17) is 25.8 Å². The molecule has 0 radical (unpaired) electrons. The molecule has 206 valence electrons. The van der Waals surface area contributed by atoms with E-state index in [0.717, 1.165) is 63.3 Å². The van der Waals surface area contributed by atoms with Crippen molar-refractivity contribution in [2.75, 3.05) is 40.0 Å². The molecule has 39 heavy (non-hydrogen) atoms. The zero-order chi connectivity index (χ0) is 27.1. The molecule has 4 aromatic rings. The van der Waals surface area contributed by atoms with Crippen molar-refractivity contribution in [3.63, 3.8) is 0 Å². The number of methoxy groups -OCH3 is 1. The highest BCUT2D eigenvalue weighted by Gasteiger charge is 2.31. The van der Waals surface area contributed by atoms with Crippen LogP contribution in [0.25, 0.3) is 16.8 Å². The molecule has 0 amide bonds. The van der Waals surface area contributed by atoms with Crippen LogP contribution in [0, 0.1) is 18.6 Å². The Kier molecular flexibility index (Phi) is 7.19. The molecular weight excluding hydrogens is 532 g/mol. The maximum Gasteiger partial charge on any atom is 0.172 e. The maximum absolute atomic E-state index is 14.7. The summed E-state index contributed by atoms with van der Waals surface area (Å²) in [5.74, 6) is -0.850. The number of ether oxygens (including phenoxy) is 3. The molecule has 0 aromatic carbocycles.